The molecule has 0 bridgehead atoms. The molecule has 0 aliphatic carbocycles. The highest BCUT2D eigenvalue weighted by molar-refractivity contribution is 14.0. The van der Waals surface area contributed by atoms with Gasteiger partial charge in [-0.05, 0) is 50.7 Å². The van der Waals surface area contributed by atoms with Crippen LogP contribution in [0.15, 0.2) is 29.3 Å². The zero-order valence-corrected chi connectivity index (χ0v) is 19.6. The summed E-state index contributed by atoms with van der Waals surface area (Å²) in [6.45, 7) is 10.0. The van der Waals surface area contributed by atoms with Gasteiger partial charge in [-0.25, -0.2) is 4.99 Å². The van der Waals surface area contributed by atoms with Crippen LogP contribution >= 0.6 is 24.0 Å². The number of aliphatic imine (C=N–C) groups is 1. The number of rotatable bonds is 8. The molecule has 158 valence electrons. The van der Waals surface area contributed by atoms with Crippen molar-refractivity contribution < 1.29 is 9.53 Å². The fraction of sp³-hybridized carbons (Fsp3) is 0.619. The molecule has 28 heavy (non-hydrogen) atoms. The van der Waals surface area contributed by atoms with E-state index < -0.39 is 0 Å². The van der Waals surface area contributed by atoms with Crippen LogP contribution < -0.4 is 11.1 Å². The van der Waals surface area contributed by atoms with Crippen LogP contribution in [0.1, 0.15) is 51.2 Å². The van der Waals surface area contributed by atoms with Crippen LogP contribution in [-0.4, -0.2) is 42.5 Å². The number of halogens is 1. The summed E-state index contributed by atoms with van der Waals surface area (Å²) in [5.41, 5.74) is 7.72. The van der Waals surface area contributed by atoms with Crippen LogP contribution in [0.3, 0.4) is 0 Å². The normalized spacial score (nSPS) is 17.4. The molecule has 0 aromatic heterocycles. The van der Waals surface area contributed by atoms with Crippen LogP contribution in [0.2, 0.25) is 0 Å². The van der Waals surface area contributed by atoms with Crippen LogP contribution in [0.25, 0.3) is 0 Å². The van der Waals surface area contributed by atoms with E-state index in [-0.39, 0.29) is 36.0 Å². The zero-order valence-electron chi connectivity index (χ0n) is 17.3. The third-order valence-electron chi connectivity index (χ3n) is 4.66. The third-order valence-corrected chi connectivity index (χ3v) is 4.66. The van der Waals surface area contributed by atoms with E-state index in [9.17, 15) is 4.79 Å². The van der Waals surface area contributed by atoms with Gasteiger partial charge in [0, 0.05) is 26.1 Å². The smallest absolute Gasteiger partial charge is 0.217 e. The molecule has 1 heterocycles. The molecule has 1 aromatic rings. The van der Waals surface area contributed by atoms with E-state index in [0.29, 0.717) is 25.5 Å². The number of hydrogen-bond donors (Lipinski definition) is 2. The average Bonchev–Trinajstić information content (AvgIpc) is 2.64. The number of likely N-dealkylation sites (tertiary alicyclic amines) is 1. The number of benzene rings is 1. The van der Waals surface area contributed by atoms with Gasteiger partial charge in [0.1, 0.15) is 0 Å². The molecule has 1 fully saturated rings. The van der Waals surface area contributed by atoms with Crippen molar-refractivity contribution in [2.45, 2.75) is 59.3 Å². The highest BCUT2D eigenvalue weighted by Gasteiger charge is 2.23. The molecule has 1 aromatic carbocycles. The maximum Gasteiger partial charge on any atom is 0.217 e. The predicted molar refractivity (Wildman–Crippen MR) is 125 cm³/mol. The van der Waals surface area contributed by atoms with E-state index in [4.69, 9.17) is 15.5 Å². The molecule has 1 atom stereocenters. The quantitative estimate of drug-likeness (QED) is 0.325. The first-order valence-corrected chi connectivity index (χ1v) is 9.99. The average molecular weight is 502 g/mol. The third kappa shape index (κ3) is 8.77. The minimum absolute atomic E-state index is 0. The molecule has 6 nitrogen and oxygen atoms in total. The van der Waals surface area contributed by atoms with E-state index >= 15 is 0 Å². The molecular formula is C21H35IN4O2. The molecule has 7 heteroatoms. The van der Waals surface area contributed by atoms with Gasteiger partial charge in [-0.15, -0.1) is 24.0 Å². The zero-order chi connectivity index (χ0) is 19.6. The summed E-state index contributed by atoms with van der Waals surface area (Å²) in [7, 11) is 0. The maximum atomic E-state index is 11.2. The Morgan fingerprint density at radius 3 is 2.61 bits per heavy atom. The molecule has 1 saturated heterocycles. The Morgan fingerprint density at radius 1 is 1.32 bits per heavy atom. The van der Waals surface area contributed by atoms with Crippen molar-refractivity contribution in [1.82, 2.24) is 10.2 Å². The van der Waals surface area contributed by atoms with Gasteiger partial charge in [-0.2, -0.15) is 0 Å². The van der Waals surface area contributed by atoms with Gasteiger partial charge in [-0.3, -0.25) is 4.79 Å². The lowest BCUT2D eigenvalue weighted by atomic mass is 9.95. The van der Waals surface area contributed by atoms with Gasteiger partial charge < -0.3 is 20.7 Å². The topological polar surface area (TPSA) is 80.0 Å². The van der Waals surface area contributed by atoms with Crippen LogP contribution in [0, 0.1) is 5.92 Å². The molecule has 1 amide bonds. The Morgan fingerprint density at radius 2 is 2.00 bits per heavy atom. The van der Waals surface area contributed by atoms with Crippen molar-refractivity contribution in [3.05, 3.63) is 35.4 Å². The molecule has 1 aliphatic rings. The van der Waals surface area contributed by atoms with E-state index in [2.05, 4.69) is 41.4 Å². The van der Waals surface area contributed by atoms with Crippen molar-refractivity contribution in [1.29, 1.82) is 0 Å². The van der Waals surface area contributed by atoms with Crippen LogP contribution in [0.4, 0.5) is 0 Å². The molecule has 1 unspecified atom stereocenters. The molecule has 1 aliphatic heterocycles. The summed E-state index contributed by atoms with van der Waals surface area (Å²) in [5.74, 6) is 1.02. The number of carbonyl (C=O) groups is 1. The number of piperidine rings is 1. The first kappa shape index (κ1) is 24.7. The second-order valence-corrected chi connectivity index (χ2v) is 7.47. The standard InChI is InChI=1S/C21H34N4O2.HI/c1-4-23-21(25-11-5-6-19(14-25)12-20(22)26)24-13-17-7-9-18(10-8-17)15-27-16(2)3;/h7-10,16,19H,4-6,11-15H2,1-3H3,(H2,22,26)(H,23,24);1H. The number of nitrogens with one attached hydrogen (secondary N) is 1. The fourth-order valence-electron chi connectivity index (χ4n) is 3.30. The minimum atomic E-state index is -0.217. The van der Waals surface area contributed by atoms with Crippen molar-refractivity contribution in [2.75, 3.05) is 19.6 Å². The SMILES string of the molecule is CCNC(=NCc1ccc(COC(C)C)cc1)N1CCCC(CC(N)=O)C1.I. The number of guanidine groups is 1. The predicted octanol–water partition coefficient (Wildman–Crippen LogP) is 3.28. The van der Waals surface area contributed by atoms with Crippen molar-refractivity contribution in [3.8, 4) is 0 Å². The number of nitrogens with zero attached hydrogens (tertiary/aromatic N) is 2. The highest BCUT2D eigenvalue weighted by atomic mass is 127. The van der Waals surface area contributed by atoms with Crippen LogP contribution in [0.5, 0.6) is 0 Å². The Labute approximate surface area is 186 Å². The highest BCUT2D eigenvalue weighted by Crippen LogP contribution is 2.19. The Bertz CT molecular complexity index is 619. The number of nitrogens with two attached hydrogens (primary N) is 1. The van der Waals surface area contributed by atoms with Crippen molar-refractivity contribution >= 4 is 35.8 Å². The van der Waals surface area contributed by atoms with E-state index in [1.807, 2.05) is 13.8 Å². The summed E-state index contributed by atoms with van der Waals surface area (Å²) < 4.78 is 5.64. The van der Waals surface area contributed by atoms with Crippen LogP contribution in [-0.2, 0) is 22.7 Å². The number of amides is 1. The summed E-state index contributed by atoms with van der Waals surface area (Å²) in [6, 6.07) is 8.42. The lowest BCUT2D eigenvalue weighted by molar-refractivity contribution is -0.119. The van der Waals surface area contributed by atoms with Gasteiger partial charge >= 0.3 is 0 Å². The number of hydrogen-bond acceptors (Lipinski definition) is 3. The second kappa shape index (κ2) is 13.0. The van der Waals surface area contributed by atoms with E-state index in [1.165, 1.54) is 11.1 Å². The molecule has 0 saturated carbocycles. The van der Waals surface area contributed by atoms with Gasteiger partial charge in [0.2, 0.25) is 5.91 Å². The van der Waals surface area contributed by atoms with Gasteiger partial charge in [0.05, 0.1) is 19.3 Å². The number of carbonyl (C=O) groups excluding carboxylic acids is 1. The van der Waals surface area contributed by atoms with Gasteiger partial charge in [-0.1, -0.05) is 24.3 Å². The minimum Gasteiger partial charge on any atom is -0.374 e. The molecule has 2 rings (SSSR count). The van der Waals surface area contributed by atoms with Gasteiger partial charge in [0.15, 0.2) is 5.96 Å². The van der Waals surface area contributed by atoms with E-state index in [1.54, 1.807) is 0 Å². The van der Waals surface area contributed by atoms with Gasteiger partial charge in [0.25, 0.3) is 0 Å². The van der Waals surface area contributed by atoms with Crippen molar-refractivity contribution in [2.24, 2.45) is 16.6 Å². The summed E-state index contributed by atoms with van der Waals surface area (Å²) in [6.07, 6.45) is 2.81. The fourth-order valence-corrected chi connectivity index (χ4v) is 3.30. The first-order valence-electron chi connectivity index (χ1n) is 9.99. The first-order chi connectivity index (χ1) is 13.0. The second-order valence-electron chi connectivity index (χ2n) is 7.47. The molecule has 3 N–H and O–H groups in total. The Hall–Kier alpha value is -1.35. The molecular weight excluding hydrogens is 467 g/mol. The lowest BCUT2D eigenvalue weighted by Gasteiger charge is -2.34. The maximum absolute atomic E-state index is 11.2. The summed E-state index contributed by atoms with van der Waals surface area (Å²) in [4.78, 5) is 18.3. The molecule has 0 spiro atoms. The summed E-state index contributed by atoms with van der Waals surface area (Å²) >= 11 is 0. The van der Waals surface area contributed by atoms with Crippen molar-refractivity contribution in [3.63, 3.8) is 0 Å². The Balaban J connectivity index is 0.00000392. The lowest BCUT2D eigenvalue weighted by Crippen LogP contribution is -2.47. The monoisotopic (exact) mass is 502 g/mol. The summed E-state index contributed by atoms with van der Waals surface area (Å²) in [5, 5.41) is 3.38. The number of primary amides is 1. The Kier molecular flexibility index (Phi) is 11.4. The molecule has 0 radical (unpaired) electrons. The largest absolute Gasteiger partial charge is 0.374 e. The number of ether oxygens (including phenoxy) is 1. The van der Waals surface area contributed by atoms with E-state index in [0.717, 1.165) is 38.4 Å².